The predicted octanol–water partition coefficient (Wildman–Crippen LogP) is 6.53. The molecule has 12 heteroatoms. The van der Waals surface area contributed by atoms with Gasteiger partial charge in [0.15, 0.2) is 0 Å². The van der Waals surface area contributed by atoms with Crippen LogP contribution in [0.15, 0.2) is 0 Å². The summed E-state index contributed by atoms with van der Waals surface area (Å²) >= 11 is 0. The molecule has 0 spiro atoms. The van der Waals surface area contributed by atoms with Gasteiger partial charge in [-0.3, -0.25) is 19.2 Å². The first-order chi connectivity index (χ1) is 24.7. The van der Waals surface area contributed by atoms with Crippen LogP contribution in [0, 0.1) is 11.8 Å². The molecule has 1 fully saturated rings. The van der Waals surface area contributed by atoms with E-state index in [1.54, 1.807) is 0 Å². The summed E-state index contributed by atoms with van der Waals surface area (Å²) < 4.78 is 10.5. The highest BCUT2D eigenvalue weighted by Crippen LogP contribution is 2.29. The maximum Gasteiger partial charge on any atom is 0.326 e. The van der Waals surface area contributed by atoms with Crippen LogP contribution >= 0.6 is 0 Å². The number of aliphatic carboxylic acids is 2. The summed E-state index contributed by atoms with van der Waals surface area (Å²) in [6.07, 6.45) is 22.8. The second-order valence-electron chi connectivity index (χ2n) is 14.2. The number of carboxylic acid groups (broad SMARTS) is 2. The van der Waals surface area contributed by atoms with Gasteiger partial charge in [0.05, 0.1) is 19.8 Å². The number of hydrogen-bond donors (Lipinski definition) is 5. The fourth-order valence-corrected chi connectivity index (χ4v) is 6.55. The van der Waals surface area contributed by atoms with E-state index in [0.717, 1.165) is 44.9 Å². The van der Waals surface area contributed by atoms with E-state index in [1.165, 1.54) is 70.6 Å². The SMILES string of the molecule is CCOCCOCCNC(=O)CC[C@H](NC(=O)[C@H]1CC[C@H](CNC(=O)CCCCCCCCCCCCCCCCCCC(=O)O)CC1)C(=O)O. The molecule has 1 atom stereocenters. The standard InChI is InChI=1S/C39H71N3O9/c1-2-50-29-30-51-28-27-40-36(44)26-25-34(39(48)49)42-38(47)33-23-21-32(22-24-33)31-41-35(43)19-17-15-13-11-9-7-5-3-4-6-8-10-12-14-16-18-20-37(45)46/h32-34H,2-31H2,1H3,(H,40,44)(H,41,43)(H,42,47)(H,45,46)(H,48,49)/t32-,33-,34-/m0/s1. The van der Waals surface area contributed by atoms with E-state index in [0.29, 0.717) is 71.1 Å². The van der Waals surface area contributed by atoms with Gasteiger partial charge < -0.3 is 35.6 Å². The molecular weight excluding hydrogens is 654 g/mol. The van der Waals surface area contributed by atoms with Crippen molar-refractivity contribution in [1.82, 2.24) is 16.0 Å². The van der Waals surface area contributed by atoms with Crippen molar-refractivity contribution in [3.05, 3.63) is 0 Å². The monoisotopic (exact) mass is 726 g/mol. The van der Waals surface area contributed by atoms with Crippen LogP contribution in [0.1, 0.15) is 161 Å². The smallest absolute Gasteiger partial charge is 0.326 e. The van der Waals surface area contributed by atoms with Crippen LogP contribution in [-0.2, 0) is 33.4 Å². The number of hydrogen-bond acceptors (Lipinski definition) is 7. The first-order valence-electron chi connectivity index (χ1n) is 20.2. The topological polar surface area (TPSA) is 180 Å². The van der Waals surface area contributed by atoms with Gasteiger partial charge in [0.25, 0.3) is 0 Å². The molecule has 296 valence electrons. The minimum absolute atomic E-state index is 0.00733. The van der Waals surface area contributed by atoms with Crippen LogP contribution in [-0.4, -0.2) is 85.4 Å². The van der Waals surface area contributed by atoms with Crippen LogP contribution in [0.3, 0.4) is 0 Å². The van der Waals surface area contributed by atoms with Crippen molar-refractivity contribution in [2.75, 3.05) is 39.5 Å². The molecule has 5 N–H and O–H groups in total. The molecule has 0 aromatic carbocycles. The molecule has 0 aliphatic heterocycles. The number of amides is 3. The molecule has 3 amide bonds. The van der Waals surface area contributed by atoms with Crippen molar-refractivity contribution < 1.29 is 43.7 Å². The lowest BCUT2D eigenvalue weighted by Gasteiger charge is -2.28. The van der Waals surface area contributed by atoms with Gasteiger partial charge in [-0.05, 0) is 57.8 Å². The Morgan fingerprint density at radius 3 is 1.61 bits per heavy atom. The van der Waals surface area contributed by atoms with Crippen molar-refractivity contribution in [2.24, 2.45) is 11.8 Å². The van der Waals surface area contributed by atoms with Gasteiger partial charge in [0, 0.05) is 44.9 Å². The maximum atomic E-state index is 12.8. The number of carboxylic acids is 2. The molecule has 1 saturated carbocycles. The maximum absolute atomic E-state index is 12.8. The lowest BCUT2D eigenvalue weighted by atomic mass is 9.81. The fraction of sp³-hybridized carbons (Fsp3) is 0.872. The molecule has 0 aromatic heterocycles. The average molecular weight is 726 g/mol. The Hall–Kier alpha value is -2.73. The molecule has 0 bridgehead atoms. The summed E-state index contributed by atoms with van der Waals surface area (Å²) in [5, 5.41) is 26.6. The lowest BCUT2D eigenvalue weighted by Crippen LogP contribution is -2.45. The third-order valence-corrected chi connectivity index (χ3v) is 9.77. The van der Waals surface area contributed by atoms with Crippen LogP contribution in [0.5, 0.6) is 0 Å². The minimum Gasteiger partial charge on any atom is -0.481 e. The molecule has 0 radical (unpaired) electrons. The molecule has 1 aliphatic rings. The largest absolute Gasteiger partial charge is 0.481 e. The zero-order chi connectivity index (χ0) is 37.4. The van der Waals surface area contributed by atoms with Gasteiger partial charge >= 0.3 is 11.9 Å². The van der Waals surface area contributed by atoms with Gasteiger partial charge in [-0.25, -0.2) is 4.79 Å². The number of ether oxygens (including phenoxy) is 2. The van der Waals surface area contributed by atoms with Crippen LogP contribution in [0.2, 0.25) is 0 Å². The third-order valence-electron chi connectivity index (χ3n) is 9.77. The van der Waals surface area contributed by atoms with Gasteiger partial charge in [-0.15, -0.1) is 0 Å². The van der Waals surface area contributed by atoms with E-state index < -0.39 is 18.0 Å². The molecular formula is C39H71N3O9. The van der Waals surface area contributed by atoms with E-state index in [-0.39, 0.29) is 36.5 Å². The van der Waals surface area contributed by atoms with E-state index >= 15 is 0 Å². The molecule has 0 unspecified atom stereocenters. The molecule has 0 heterocycles. The second-order valence-corrected chi connectivity index (χ2v) is 14.2. The Morgan fingerprint density at radius 1 is 0.608 bits per heavy atom. The van der Waals surface area contributed by atoms with Crippen molar-refractivity contribution in [1.29, 1.82) is 0 Å². The first-order valence-corrected chi connectivity index (χ1v) is 20.2. The Bertz CT molecular complexity index is 941. The predicted molar refractivity (Wildman–Crippen MR) is 198 cm³/mol. The zero-order valence-electron chi connectivity index (χ0n) is 31.7. The normalized spacial score (nSPS) is 16.3. The lowest BCUT2D eigenvalue weighted by molar-refractivity contribution is -0.143. The summed E-state index contributed by atoms with van der Waals surface area (Å²) in [5.74, 6) is -2.25. The number of carbonyl (C=O) groups excluding carboxylic acids is 3. The van der Waals surface area contributed by atoms with Crippen molar-refractivity contribution in [2.45, 2.75) is 167 Å². The Labute approximate surface area is 307 Å². The molecule has 0 saturated heterocycles. The van der Waals surface area contributed by atoms with Gasteiger partial charge in [-0.2, -0.15) is 0 Å². The minimum atomic E-state index is -1.15. The molecule has 1 rings (SSSR count). The summed E-state index contributed by atoms with van der Waals surface area (Å²) in [6.45, 7) is 4.75. The Balaban J connectivity index is 2.00. The highest BCUT2D eigenvalue weighted by atomic mass is 16.5. The molecule has 0 aromatic rings. The van der Waals surface area contributed by atoms with Crippen LogP contribution < -0.4 is 16.0 Å². The highest BCUT2D eigenvalue weighted by molar-refractivity contribution is 5.85. The molecule has 1 aliphatic carbocycles. The summed E-state index contributed by atoms with van der Waals surface area (Å²) in [5.41, 5.74) is 0. The van der Waals surface area contributed by atoms with Crippen LogP contribution in [0.25, 0.3) is 0 Å². The number of nitrogens with one attached hydrogen (secondary N) is 3. The van der Waals surface area contributed by atoms with Gasteiger partial charge in [0.1, 0.15) is 6.04 Å². The van der Waals surface area contributed by atoms with Crippen LogP contribution in [0.4, 0.5) is 0 Å². The second kappa shape index (κ2) is 32.0. The van der Waals surface area contributed by atoms with Gasteiger partial charge in [-0.1, -0.05) is 89.9 Å². The number of carbonyl (C=O) groups is 5. The summed E-state index contributed by atoms with van der Waals surface area (Å²) in [7, 11) is 0. The van der Waals surface area contributed by atoms with Crippen molar-refractivity contribution in [3.63, 3.8) is 0 Å². The summed E-state index contributed by atoms with van der Waals surface area (Å²) in [6, 6.07) is -1.12. The summed E-state index contributed by atoms with van der Waals surface area (Å²) in [4.78, 5) is 59.5. The number of unbranched alkanes of at least 4 members (excludes halogenated alkanes) is 15. The first kappa shape index (κ1) is 46.3. The molecule has 12 nitrogen and oxygen atoms in total. The zero-order valence-corrected chi connectivity index (χ0v) is 31.7. The average Bonchev–Trinajstić information content (AvgIpc) is 3.11. The Morgan fingerprint density at radius 2 is 1.10 bits per heavy atom. The Kier molecular flexibility index (Phi) is 29.0. The van der Waals surface area contributed by atoms with E-state index in [4.69, 9.17) is 14.6 Å². The molecule has 51 heavy (non-hydrogen) atoms. The van der Waals surface area contributed by atoms with E-state index in [2.05, 4.69) is 16.0 Å². The quantitative estimate of drug-likeness (QED) is 0.0461. The third kappa shape index (κ3) is 27.6. The van der Waals surface area contributed by atoms with Crippen molar-refractivity contribution in [3.8, 4) is 0 Å². The van der Waals surface area contributed by atoms with Gasteiger partial charge in [0.2, 0.25) is 17.7 Å². The van der Waals surface area contributed by atoms with E-state index in [9.17, 15) is 29.1 Å². The van der Waals surface area contributed by atoms with Crippen molar-refractivity contribution >= 4 is 29.7 Å². The highest BCUT2D eigenvalue weighted by Gasteiger charge is 2.29. The fourth-order valence-electron chi connectivity index (χ4n) is 6.55. The number of rotatable bonds is 34. The van der Waals surface area contributed by atoms with E-state index in [1.807, 2.05) is 6.92 Å².